The number of aromatic nitrogens is 1. The largest absolute Gasteiger partial charge is 0.491 e. The van der Waals surface area contributed by atoms with Crippen LogP contribution < -0.4 is 9.47 Å². The first-order valence-electron chi connectivity index (χ1n) is 12.4. The second-order valence-electron chi connectivity index (χ2n) is 9.11. The Bertz CT molecular complexity index is 1530. The van der Waals surface area contributed by atoms with E-state index in [2.05, 4.69) is 42.2 Å². The van der Waals surface area contributed by atoms with Crippen molar-refractivity contribution in [3.05, 3.63) is 114 Å². The standard InChI is InChI=1S/C32H29NO4/c1-22(7-8-23-9-11-26(12-10-23)32(34)35-2)37-30-18-15-24-14-17-29(19-27(24)20-30)36-21-28-16-13-25-5-3-4-6-31(25)33-28/h3-6,9-20,22H,7-8,21H2,1-2H3. The van der Waals surface area contributed by atoms with Gasteiger partial charge in [-0.05, 0) is 84.6 Å². The summed E-state index contributed by atoms with van der Waals surface area (Å²) in [7, 11) is 1.39. The number of carbonyl (C=O) groups excluding carboxylic acids is 1. The van der Waals surface area contributed by atoms with Gasteiger partial charge in [0.25, 0.3) is 0 Å². The monoisotopic (exact) mass is 491 g/mol. The van der Waals surface area contributed by atoms with Gasteiger partial charge in [-0.25, -0.2) is 9.78 Å². The minimum Gasteiger partial charge on any atom is -0.491 e. The lowest BCUT2D eigenvalue weighted by Gasteiger charge is -2.15. The molecule has 0 radical (unpaired) electrons. The zero-order chi connectivity index (χ0) is 25.6. The molecule has 0 aliphatic heterocycles. The number of carbonyl (C=O) groups is 1. The predicted octanol–water partition coefficient (Wildman–Crippen LogP) is 7.15. The SMILES string of the molecule is COC(=O)c1ccc(CCC(C)Oc2ccc3ccc(OCc4ccc5ccccc5n4)cc3c2)cc1. The van der Waals surface area contributed by atoms with Crippen LogP contribution in [0, 0.1) is 0 Å². The van der Waals surface area contributed by atoms with Crippen LogP contribution in [0.15, 0.2) is 97.1 Å². The van der Waals surface area contributed by atoms with E-state index in [1.807, 2.05) is 54.6 Å². The number of methoxy groups -OCH3 is 1. The molecular formula is C32H29NO4. The number of aryl methyl sites for hydroxylation is 1. The maximum absolute atomic E-state index is 11.6. The van der Waals surface area contributed by atoms with Crippen molar-refractivity contribution in [3.8, 4) is 11.5 Å². The van der Waals surface area contributed by atoms with Crippen molar-refractivity contribution >= 4 is 27.6 Å². The summed E-state index contributed by atoms with van der Waals surface area (Å²) >= 11 is 0. The molecule has 1 aromatic heterocycles. The van der Waals surface area contributed by atoms with Crippen LogP contribution in [0.2, 0.25) is 0 Å². The summed E-state index contributed by atoms with van der Waals surface area (Å²) in [6, 6.07) is 31.9. The maximum Gasteiger partial charge on any atom is 0.337 e. The van der Waals surface area contributed by atoms with Crippen molar-refractivity contribution in [1.29, 1.82) is 0 Å². The van der Waals surface area contributed by atoms with Crippen molar-refractivity contribution in [2.24, 2.45) is 0 Å². The molecule has 0 spiro atoms. The average molecular weight is 492 g/mol. The second-order valence-corrected chi connectivity index (χ2v) is 9.11. The van der Waals surface area contributed by atoms with E-state index >= 15 is 0 Å². The molecule has 0 N–H and O–H groups in total. The minimum absolute atomic E-state index is 0.0381. The molecule has 5 heteroatoms. The smallest absolute Gasteiger partial charge is 0.337 e. The molecular weight excluding hydrogens is 462 g/mol. The Hall–Kier alpha value is -4.38. The molecule has 186 valence electrons. The highest BCUT2D eigenvalue weighted by atomic mass is 16.5. The van der Waals surface area contributed by atoms with Gasteiger partial charge in [-0.3, -0.25) is 0 Å². The van der Waals surface area contributed by atoms with Gasteiger partial charge in [0.15, 0.2) is 0 Å². The van der Waals surface area contributed by atoms with Gasteiger partial charge >= 0.3 is 5.97 Å². The van der Waals surface area contributed by atoms with Crippen molar-refractivity contribution in [2.45, 2.75) is 32.5 Å². The zero-order valence-electron chi connectivity index (χ0n) is 21.0. The first-order chi connectivity index (χ1) is 18.1. The van der Waals surface area contributed by atoms with Crippen LogP contribution in [0.25, 0.3) is 21.7 Å². The third-order valence-electron chi connectivity index (χ3n) is 6.38. The van der Waals surface area contributed by atoms with Crippen LogP contribution in [0.1, 0.15) is 35.0 Å². The number of fused-ring (bicyclic) bond motifs is 2. The summed E-state index contributed by atoms with van der Waals surface area (Å²) in [5.41, 5.74) is 3.58. The van der Waals surface area contributed by atoms with Gasteiger partial charge < -0.3 is 14.2 Å². The van der Waals surface area contributed by atoms with Crippen molar-refractivity contribution < 1.29 is 19.0 Å². The zero-order valence-corrected chi connectivity index (χ0v) is 21.0. The lowest BCUT2D eigenvalue weighted by molar-refractivity contribution is 0.0600. The summed E-state index contributed by atoms with van der Waals surface area (Å²) in [6.07, 6.45) is 1.75. The molecule has 4 aromatic carbocycles. The van der Waals surface area contributed by atoms with Gasteiger partial charge in [0.05, 0.1) is 30.0 Å². The number of rotatable bonds is 9. The number of hydrogen-bond donors (Lipinski definition) is 0. The van der Waals surface area contributed by atoms with Crippen LogP contribution in [-0.4, -0.2) is 24.2 Å². The molecule has 1 atom stereocenters. The number of ether oxygens (including phenoxy) is 3. The first-order valence-corrected chi connectivity index (χ1v) is 12.4. The summed E-state index contributed by atoms with van der Waals surface area (Å²) in [5, 5.41) is 3.31. The van der Waals surface area contributed by atoms with Crippen LogP contribution >= 0.6 is 0 Å². The Morgan fingerprint density at radius 2 is 1.54 bits per heavy atom. The number of esters is 1. The molecule has 0 fully saturated rings. The summed E-state index contributed by atoms with van der Waals surface area (Å²) < 4.78 is 17.0. The number of hydrogen-bond acceptors (Lipinski definition) is 5. The molecule has 0 aliphatic rings. The number of pyridine rings is 1. The fourth-order valence-corrected chi connectivity index (χ4v) is 4.30. The summed E-state index contributed by atoms with van der Waals surface area (Å²) in [5.74, 6) is 1.30. The Labute approximate surface area is 216 Å². The van der Waals surface area contributed by atoms with E-state index in [-0.39, 0.29) is 12.1 Å². The third kappa shape index (κ3) is 6.07. The molecule has 1 unspecified atom stereocenters. The van der Waals surface area contributed by atoms with Crippen LogP contribution in [0.4, 0.5) is 0 Å². The Morgan fingerprint density at radius 1 is 0.811 bits per heavy atom. The number of benzene rings is 4. The quantitative estimate of drug-likeness (QED) is 0.205. The minimum atomic E-state index is -0.321. The van der Waals surface area contributed by atoms with Crippen molar-refractivity contribution in [3.63, 3.8) is 0 Å². The lowest BCUT2D eigenvalue weighted by Crippen LogP contribution is -2.13. The fraction of sp³-hybridized carbons (Fsp3) is 0.188. The van der Waals surface area contributed by atoms with E-state index in [1.54, 1.807) is 12.1 Å². The van der Waals surface area contributed by atoms with Crippen LogP contribution in [0.5, 0.6) is 11.5 Å². The highest BCUT2D eigenvalue weighted by Gasteiger charge is 2.09. The lowest BCUT2D eigenvalue weighted by atomic mass is 10.1. The predicted molar refractivity (Wildman–Crippen MR) is 146 cm³/mol. The van der Waals surface area contributed by atoms with E-state index in [9.17, 15) is 4.79 Å². The maximum atomic E-state index is 11.6. The molecule has 5 rings (SSSR count). The molecule has 5 aromatic rings. The molecule has 5 nitrogen and oxygen atoms in total. The highest BCUT2D eigenvalue weighted by Crippen LogP contribution is 2.27. The molecule has 37 heavy (non-hydrogen) atoms. The Balaban J connectivity index is 1.19. The molecule has 0 bridgehead atoms. The average Bonchev–Trinajstić information content (AvgIpc) is 2.94. The molecule has 0 aliphatic carbocycles. The fourth-order valence-electron chi connectivity index (χ4n) is 4.30. The van der Waals surface area contributed by atoms with Gasteiger partial charge in [-0.15, -0.1) is 0 Å². The molecule has 0 amide bonds. The molecule has 0 saturated heterocycles. The molecule has 1 heterocycles. The van der Waals surface area contributed by atoms with E-state index in [1.165, 1.54) is 7.11 Å². The number of para-hydroxylation sites is 1. The summed E-state index contributed by atoms with van der Waals surface area (Å²) in [6.45, 7) is 2.48. The Morgan fingerprint density at radius 3 is 2.35 bits per heavy atom. The van der Waals surface area contributed by atoms with Gasteiger partial charge in [-0.1, -0.05) is 48.5 Å². The molecule has 0 saturated carbocycles. The van der Waals surface area contributed by atoms with Gasteiger partial charge in [-0.2, -0.15) is 0 Å². The van der Waals surface area contributed by atoms with Gasteiger partial charge in [0.2, 0.25) is 0 Å². The van der Waals surface area contributed by atoms with Gasteiger partial charge in [0.1, 0.15) is 18.1 Å². The second kappa shape index (κ2) is 11.1. The van der Waals surface area contributed by atoms with Crippen molar-refractivity contribution in [1.82, 2.24) is 4.98 Å². The van der Waals surface area contributed by atoms with Crippen LogP contribution in [-0.2, 0) is 17.8 Å². The highest BCUT2D eigenvalue weighted by molar-refractivity contribution is 5.89. The summed E-state index contributed by atoms with van der Waals surface area (Å²) in [4.78, 5) is 16.3. The van der Waals surface area contributed by atoms with E-state index in [0.29, 0.717) is 12.2 Å². The van der Waals surface area contributed by atoms with E-state index in [0.717, 1.165) is 57.3 Å². The van der Waals surface area contributed by atoms with E-state index < -0.39 is 0 Å². The Kier molecular flexibility index (Phi) is 7.31. The third-order valence-corrected chi connectivity index (χ3v) is 6.38. The first kappa shape index (κ1) is 24.3. The topological polar surface area (TPSA) is 57.7 Å². The van der Waals surface area contributed by atoms with E-state index in [4.69, 9.17) is 14.2 Å². The normalized spacial score (nSPS) is 11.8. The van der Waals surface area contributed by atoms with Crippen molar-refractivity contribution in [2.75, 3.05) is 7.11 Å². The number of nitrogens with zero attached hydrogens (tertiary/aromatic N) is 1. The van der Waals surface area contributed by atoms with Crippen LogP contribution in [0.3, 0.4) is 0 Å². The van der Waals surface area contributed by atoms with Gasteiger partial charge in [0, 0.05) is 5.39 Å².